The van der Waals surface area contributed by atoms with Crippen LogP contribution in [0.25, 0.3) is 11.4 Å². The molecule has 3 atom stereocenters. The number of methoxy groups -OCH3 is 2. The van der Waals surface area contributed by atoms with Gasteiger partial charge in [-0.2, -0.15) is 0 Å². The first kappa shape index (κ1) is 27.3. The normalized spacial score (nSPS) is 19.8. The van der Waals surface area contributed by atoms with E-state index in [-0.39, 0.29) is 12.3 Å². The third kappa shape index (κ3) is 3.82. The molecule has 0 radical (unpaired) electrons. The molecule has 4 aromatic rings. The number of hydrogen-bond acceptors (Lipinski definition) is 8. The van der Waals surface area contributed by atoms with Gasteiger partial charge in [-0.1, -0.05) is 35.3 Å². The Hall–Kier alpha value is -3.83. The van der Waals surface area contributed by atoms with Crippen molar-refractivity contribution in [1.29, 1.82) is 0 Å². The minimum absolute atomic E-state index is 0.112. The number of ether oxygens (including phenoxy) is 2. The van der Waals surface area contributed by atoms with Crippen molar-refractivity contribution in [2.75, 3.05) is 31.0 Å². The number of nitrogens with zero attached hydrogens (tertiary/aromatic N) is 4. The molecule has 12 heteroatoms. The van der Waals surface area contributed by atoms with Crippen molar-refractivity contribution in [1.82, 2.24) is 14.5 Å². The Balaban J connectivity index is 1.73. The zero-order valence-corrected chi connectivity index (χ0v) is 24.2. The molecule has 1 spiro atoms. The molecule has 1 amide bonds. The Morgan fingerprint density at radius 1 is 1.12 bits per heavy atom. The van der Waals surface area contributed by atoms with E-state index in [1.165, 1.54) is 19.1 Å². The largest absolute Gasteiger partial charge is 0.496 e. The number of rotatable bonds is 6. The Kier molecular flexibility index (Phi) is 6.61. The molecule has 212 valence electrons. The first-order valence-corrected chi connectivity index (χ1v) is 13.6. The lowest BCUT2D eigenvalue weighted by atomic mass is 9.86. The van der Waals surface area contributed by atoms with Crippen LogP contribution in [0.15, 0.2) is 48.7 Å². The lowest BCUT2D eigenvalue weighted by molar-refractivity contribution is 0.0911. The van der Waals surface area contributed by atoms with Crippen molar-refractivity contribution >= 4 is 40.5 Å². The summed E-state index contributed by atoms with van der Waals surface area (Å²) in [6.45, 7) is 3.39. The second kappa shape index (κ2) is 9.92. The standard InChI is InChI=1S/C29H27Cl2N5O5/c1-14-5-6-17(31)10-21(14)36-27(38)24-25(29(36)19-8-7-16(30)9-20(19)33-28(29)39)35(15(2)13-37)26(34-24)18-12-32-23(41-4)11-22(18)40-3/h5-12,15,28,33,37,39H,13H2,1-4H3. The molecule has 0 aliphatic carbocycles. The van der Waals surface area contributed by atoms with E-state index < -0.39 is 23.7 Å². The molecule has 0 bridgehead atoms. The van der Waals surface area contributed by atoms with Crippen LogP contribution in [0, 0.1) is 6.92 Å². The highest BCUT2D eigenvalue weighted by Crippen LogP contribution is 2.56. The van der Waals surface area contributed by atoms with Gasteiger partial charge >= 0.3 is 0 Å². The zero-order chi connectivity index (χ0) is 29.2. The van der Waals surface area contributed by atoms with Crippen LogP contribution in [0.3, 0.4) is 0 Å². The number of halogens is 2. The van der Waals surface area contributed by atoms with Gasteiger partial charge in [0.1, 0.15) is 11.6 Å². The SMILES string of the molecule is COc1cc(OC)c(-c2nc3c(n2C(C)CO)C2(c4ccc(Cl)cc4NC2O)N(c2cc(Cl)ccc2C)C3=O)cn1. The van der Waals surface area contributed by atoms with Gasteiger partial charge in [-0.05, 0) is 43.7 Å². The maximum atomic E-state index is 14.5. The van der Waals surface area contributed by atoms with E-state index in [2.05, 4.69) is 10.3 Å². The number of fused-ring (bicyclic) bond motifs is 4. The first-order valence-electron chi connectivity index (χ1n) is 12.8. The summed E-state index contributed by atoms with van der Waals surface area (Å²) in [5.74, 6) is 0.643. The second-order valence-corrected chi connectivity index (χ2v) is 10.9. The number of aryl methyl sites for hydroxylation is 1. The van der Waals surface area contributed by atoms with Gasteiger partial charge in [0.25, 0.3) is 5.91 Å². The number of aliphatic hydroxyl groups is 2. The van der Waals surface area contributed by atoms with Crippen molar-refractivity contribution in [2.24, 2.45) is 0 Å². The molecular weight excluding hydrogens is 569 g/mol. The quantitative estimate of drug-likeness (QED) is 0.291. The van der Waals surface area contributed by atoms with Gasteiger partial charge in [0, 0.05) is 33.6 Å². The molecule has 41 heavy (non-hydrogen) atoms. The number of carbonyl (C=O) groups is 1. The molecule has 3 unspecified atom stereocenters. The molecule has 0 fully saturated rings. The number of nitrogens with one attached hydrogen (secondary N) is 1. The Morgan fingerprint density at radius 2 is 1.85 bits per heavy atom. The molecule has 2 aromatic carbocycles. The fourth-order valence-corrected chi connectivity index (χ4v) is 6.21. The van der Waals surface area contributed by atoms with Gasteiger partial charge in [-0.15, -0.1) is 0 Å². The smallest absolute Gasteiger partial charge is 0.280 e. The minimum Gasteiger partial charge on any atom is -0.496 e. The highest BCUT2D eigenvalue weighted by atomic mass is 35.5. The van der Waals surface area contributed by atoms with Crippen LogP contribution in [0.4, 0.5) is 11.4 Å². The van der Waals surface area contributed by atoms with Crippen molar-refractivity contribution in [3.8, 4) is 23.0 Å². The van der Waals surface area contributed by atoms with E-state index in [0.717, 1.165) is 5.56 Å². The number of pyridine rings is 1. The van der Waals surface area contributed by atoms with Gasteiger partial charge in [0.2, 0.25) is 5.88 Å². The number of aliphatic hydroxyl groups excluding tert-OH is 2. The molecule has 2 aromatic heterocycles. The van der Waals surface area contributed by atoms with Crippen LogP contribution < -0.4 is 19.7 Å². The molecule has 10 nitrogen and oxygen atoms in total. The number of anilines is 2. The zero-order valence-electron chi connectivity index (χ0n) is 22.6. The fraction of sp³-hybridized carbons (Fsp3) is 0.276. The van der Waals surface area contributed by atoms with Crippen molar-refractivity contribution in [3.05, 3.63) is 81.2 Å². The van der Waals surface area contributed by atoms with Gasteiger partial charge in [0.15, 0.2) is 17.5 Å². The third-order valence-corrected chi connectivity index (χ3v) is 8.21. The molecular formula is C29H27Cl2N5O5. The highest BCUT2D eigenvalue weighted by Gasteiger charge is 2.63. The van der Waals surface area contributed by atoms with E-state index >= 15 is 0 Å². The maximum Gasteiger partial charge on any atom is 0.280 e. The average Bonchev–Trinajstić information content (AvgIpc) is 3.57. The minimum atomic E-state index is -1.50. The van der Waals surface area contributed by atoms with E-state index in [1.54, 1.807) is 54.1 Å². The topological polar surface area (TPSA) is 122 Å². The van der Waals surface area contributed by atoms with Crippen LogP contribution >= 0.6 is 23.2 Å². The summed E-state index contributed by atoms with van der Waals surface area (Å²) < 4.78 is 12.7. The van der Waals surface area contributed by atoms with Gasteiger partial charge < -0.3 is 29.6 Å². The first-order chi connectivity index (χ1) is 19.7. The number of hydrogen-bond donors (Lipinski definition) is 3. The molecule has 2 aliphatic heterocycles. The van der Waals surface area contributed by atoms with Crippen LogP contribution in [0.2, 0.25) is 10.0 Å². The molecule has 4 heterocycles. The lowest BCUT2D eigenvalue weighted by Gasteiger charge is -2.40. The van der Waals surface area contributed by atoms with Gasteiger partial charge in [0.05, 0.1) is 43.8 Å². The molecule has 3 N–H and O–H groups in total. The highest BCUT2D eigenvalue weighted by molar-refractivity contribution is 6.31. The predicted octanol–water partition coefficient (Wildman–Crippen LogP) is 4.78. The molecule has 0 saturated carbocycles. The van der Waals surface area contributed by atoms with E-state index in [9.17, 15) is 15.0 Å². The maximum absolute atomic E-state index is 14.5. The Bertz CT molecular complexity index is 1710. The number of benzene rings is 2. The summed E-state index contributed by atoms with van der Waals surface area (Å²) in [6, 6.07) is 11.5. The van der Waals surface area contributed by atoms with E-state index in [1.807, 2.05) is 13.0 Å². The summed E-state index contributed by atoms with van der Waals surface area (Å²) in [5.41, 5.74) is 1.95. The monoisotopic (exact) mass is 595 g/mol. The van der Waals surface area contributed by atoms with Crippen LogP contribution in [0.5, 0.6) is 11.6 Å². The van der Waals surface area contributed by atoms with Crippen molar-refractivity contribution in [2.45, 2.75) is 31.7 Å². The summed E-state index contributed by atoms with van der Waals surface area (Å²) >= 11 is 12.8. The predicted molar refractivity (Wildman–Crippen MR) is 155 cm³/mol. The second-order valence-electron chi connectivity index (χ2n) is 10.0. The van der Waals surface area contributed by atoms with Crippen LogP contribution in [0.1, 0.15) is 40.3 Å². The molecule has 0 saturated heterocycles. The Morgan fingerprint density at radius 3 is 2.56 bits per heavy atom. The lowest BCUT2D eigenvalue weighted by Crippen LogP contribution is -2.54. The average molecular weight is 596 g/mol. The number of amides is 1. The van der Waals surface area contributed by atoms with Crippen molar-refractivity contribution < 1.29 is 24.5 Å². The Labute approximate surface area is 246 Å². The number of carbonyl (C=O) groups excluding carboxylic acids is 1. The number of imidazole rings is 1. The van der Waals surface area contributed by atoms with E-state index in [4.69, 9.17) is 37.7 Å². The summed E-state index contributed by atoms with van der Waals surface area (Å²) in [5, 5.41) is 26.4. The van der Waals surface area contributed by atoms with Crippen molar-refractivity contribution in [3.63, 3.8) is 0 Å². The van der Waals surface area contributed by atoms with Crippen LogP contribution in [-0.4, -0.2) is 57.7 Å². The third-order valence-electron chi connectivity index (χ3n) is 7.74. The molecule has 2 aliphatic rings. The summed E-state index contributed by atoms with van der Waals surface area (Å²) in [7, 11) is 3.01. The fourth-order valence-electron chi connectivity index (χ4n) is 5.88. The van der Waals surface area contributed by atoms with Gasteiger partial charge in [-0.25, -0.2) is 9.97 Å². The van der Waals surface area contributed by atoms with Gasteiger partial charge in [-0.3, -0.25) is 9.69 Å². The molecule has 6 rings (SSSR count). The number of aromatic nitrogens is 3. The summed E-state index contributed by atoms with van der Waals surface area (Å²) in [6.07, 6.45) is 0.229. The summed E-state index contributed by atoms with van der Waals surface area (Å²) in [4.78, 5) is 25.2. The van der Waals surface area contributed by atoms with E-state index in [0.29, 0.717) is 55.7 Å². The van der Waals surface area contributed by atoms with Crippen LogP contribution in [-0.2, 0) is 5.54 Å².